The highest BCUT2D eigenvalue weighted by Crippen LogP contribution is 2.34. The summed E-state index contributed by atoms with van der Waals surface area (Å²) in [5, 5.41) is 0. The number of rotatable bonds is 8. The Bertz CT molecular complexity index is 771. The van der Waals surface area contributed by atoms with Crippen LogP contribution in [0.25, 0.3) is 0 Å². The van der Waals surface area contributed by atoms with E-state index in [0.717, 1.165) is 31.4 Å². The summed E-state index contributed by atoms with van der Waals surface area (Å²) in [6.07, 6.45) is 3.27. The zero-order valence-electron chi connectivity index (χ0n) is 16.4. The van der Waals surface area contributed by atoms with Crippen molar-refractivity contribution in [3.05, 3.63) is 59.7 Å². The van der Waals surface area contributed by atoms with Crippen molar-refractivity contribution in [3.63, 3.8) is 0 Å². The van der Waals surface area contributed by atoms with E-state index in [2.05, 4.69) is 60.4 Å². The number of hydrogen-bond donors (Lipinski definition) is 0. The minimum absolute atomic E-state index is 0.255. The molecular weight excluding hydrogens is 334 g/mol. The summed E-state index contributed by atoms with van der Waals surface area (Å²) in [7, 11) is 0. The molecule has 0 spiro atoms. The number of anilines is 1. The maximum Gasteiger partial charge on any atom is 0.130 e. The van der Waals surface area contributed by atoms with E-state index in [-0.39, 0.29) is 5.78 Å². The van der Waals surface area contributed by atoms with Crippen LogP contribution in [0.2, 0.25) is 0 Å². The molecule has 1 atom stereocenters. The first kappa shape index (κ1) is 18.1. The average molecular weight is 364 g/mol. The molecule has 1 aliphatic carbocycles. The molecule has 2 fully saturated rings. The molecule has 1 aliphatic heterocycles. The average Bonchev–Trinajstić information content (AvgIpc) is 3.44. The molecule has 1 heterocycles. The lowest BCUT2D eigenvalue weighted by atomic mass is 9.88. The van der Waals surface area contributed by atoms with Crippen molar-refractivity contribution in [2.45, 2.75) is 44.9 Å². The molecule has 1 saturated carbocycles. The van der Waals surface area contributed by atoms with Gasteiger partial charge in [0.15, 0.2) is 0 Å². The number of benzene rings is 2. The van der Waals surface area contributed by atoms with Crippen molar-refractivity contribution in [2.24, 2.45) is 5.92 Å². The summed E-state index contributed by atoms with van der Waals surface area (Å²) in [4.78, 5) is 13.7. The molecular formula is C24H29NO2. The summed E-state index contributed by atoms with van der Waals surface area (Å²) in [5.41, 5.74) is 3.93. The van der Waals surface area contributed by atoms with Gasteiger partial charge in [-0.1, -0.05) is 31.2 Å². The molecule has 0 bridgehead atoms. The first-order valence-corrected chi connectivity index (χ1v) is 10.2. The molecule has 27 heavy (non-hydrogen) atoms. The van der Waals surface area contributed by atoms with Crippen LogP contribution in [0, 0.1) is 5.92 Å². The van der Waals surface area contributed by atoms with Gasteiger partial charge in [0.05, 0.1) is 6.61 Å². The van der Waals surface area contributed by atoms with Gasteiger partial charge in [-0.05, 0) is 67.0 Å². The third-order valence-electron chi connectivity index (χ3n) is 5.84. The Kier molecular flexibility index (Phi) is 5.20. The molecule has 1 saturated heterocycles. The van der Waals surface area contributed by atoms with Gasteiger partial charge in [-0.2, -0.15) is 0 Å². The second-order valence-corrected chi connectivity index (χ2v) is 8.32. The highest BCUT2D eigenvalue weighted by Gasteiger charge is 2.28. The quantitative estimate of drug-likeness (QED) is 0.649. The Morgan fingerprint density at radius 1 is 1.07 bits per heavy atom. The van der Waals surface area contributed by atoms with Gasteiger partial charge >= 0.3 is 0 Å². The van der Waals surface area contributed by atoms with E-state index in [1.54, 1.807) is 6.92 Å². The first-order valence-electron chi connectivity index (χ1n) is 10.2. The van der Waals surface area contributed by atoms with E-state index in [9.17, 15) is 4.79 Å². The van der Waals surface area contributed by atoms with Gasteiger partial charge in [-0.3, -0.25) is 0 Å². The predicted molar refractivity (Wildman–Crippen MR) is 110 cm³/mol. The van der Waals surface area contributed by atoms with Gasteiger partial charge in [0.2, 0.25) is 0 Å². The van der Waals surface area contributed by atoms with Crippen LogP contribution >= 0.6 is 0 Å². The fraction of sp³-hybridized carbons (Fsp3) is 0.458. The molecule has 0 N–H and O–H groups in total. The van der Waals surface area contributed by atoms with Crippen LogP contribution < -0.4 is 9.64 Å². The predicted octanol–water partition coefficient (Wildman–Crippen LogP) is 5.16. The highest BCUT2D eigenvalue weighted by molar-refractivity contribution is 5.76. The van der Waals surface area contributed by atoms with Crippen LogP contribution in [0.4, 0.5) is 5.69 Å². The maximum absolute atomic E-state index is 11.3. The van der Waals surface area contributed by atoms with E-state index >= 15 is 0 Å². The molecule has 3 heteroatoms. The van der Waals surface area contributed by atoms with Gasteiger partial charge in [0.25, 0.3) is 0 Å². The van der Waals surface area contributed by atoms with E-state index in [1.165, 1.54) is 29.7 Å². The Hall–Kier alpha value is -2.29. The first-order chi connectivity index (χ1) is 13.1. The van der Waals surface area contributed by atoms with Gasteiger partial charge in [-0.15, -0.1) is 0 Å². The van der Waals surface area contributed by atoms with Gasteiger partial charge in [0, 0.05) is 31.1 Å². The minimum atomic E-state index is 0.255. The van der Waals surface area contributed by atoms with Crippen molar-refractivity contribution in [1.82, 2.24) is 0 Å². The number of ether oxygens (including phenoxy) is 1. The van der Waals surface area contributed by atoms with Crippen LogP contribution in [0.15, 0.2) is 48.5 Å². The van der Waals surface area contributed by atoms with E-state index in [0.29, 0.717) is 18.3 Å². The number of carbonyl (C=O) groups excluding carboxylic acids is 1. The molecule has 0 unspecified atom stereocenters. The van der Waals surface area contributed by atoms with Gasteiger partial charge in [0.1, 0.15) is 11.5 Å². The monoisotopic (exact) mass is 363 g/mol. The molecule has 2 aromatic rings. The Labute approximate surface area is 162 Å². The molecule has 142 valence electrons. The molecule has 3 nitrogen and oxygen atoms in total. The Morgan fingerprint density at radius 3 is 2.33 bits per heavy atom. The second kappa shape index (κ2) is 7.75. The summed E-state index contributed by atoms with van der Waals surface area (Å²) < 4.78 is 5.82. The van der Waals surface area contributed by atoms with E-state index in [1.807, 2.05) is 0 Å². The van der Waals surface area contributed by atoms with Crippen LogP contribution in [0.3, 0.4) is 0 Å². The number of hydrogen-bond acceptors (Lipinski definition) is 3. The SMILES string of the molecule is CC(=O)C[C@@H](C)c1ccc(C2CN(c3ccc(OCC4CC4)cc3)C2)cc1. The lowest BCUT2D eigenvalue weighted by Gasteiger charge is -2.41. The zero-order valence-corrected chi connectivity index (χ0v) is 16.4. The van der Waals surface area contributed by atoms with Crippen molar-refractivity contribution >= 4 is 11.5 Å². The third-order valence-corrected chi connectivity index (χ3v) is 5.84. The van der Waals surface area contributed by atoms with E-state index < -0.39 is 0 Å². The third kappa shape index (κ3) is 4.52. The zero-order chi connectivity index (χ0) is 18.8. The summed E-state index contributed by atoms with van der Waals surface area (Å²) in [5.74, 6) is 2.92. The molecule has 4 rings (SSSR count). The number of carbonyl (C=O) groups is 1. The van der Waals surface area contributed by atoms with Gasteiger partial charge < -0.3 is 14.4 Å². The lowest BCUT2D eigenvalue weighted by Crippen LogP contribution is -2.45. The molecule has 0 amide bonds. The molecule has 2 aromatic carbocycles. The maximum atomic E-state index is 11.3. The summed E-state index contributed by atoms with van der Waals surface area (Å²) >= 11 is 0. The molecule has 2 aliphatic rings. The number of ketones is 1. The van der Waals surface area contributed by atoms with Crippen molar-refractivity contribution in [2.75, 3.05) is 24.6 Å². The van der Waals surface area contributed by atoms with Crippen LogP contribution in [0.1, 0.15) is 56.1 Å². The van der Waals surface area contributed by atoms with Crippen molar-refractivity contribution in [1.29, 1.82) is 0 Å². The fourth-order valence-corrected chi connectivity index (χ4v) is 3.80. The second-order valence-electron chi connectivity index (χ2n) is 8.32. The number of Topliss-reactive ketones (excluding diaryl/α,β-unsaturated/α-hetero) is 1. The Balaban J connectivity index is 1.29. The molecule has 0 aromatic heterocycles. The molecule has 0 radical (unpaired) electrons. The highest BCUT2D eigenvalue weighted by atomic mass is 16.5. The normalized spacial score (nSPS) is 18.1. The topological polar surface area (TPSA) is 29.5 Å². The van der Waals surface area contributed by atoms with Gasteiger partial charge in [-0.25, -0.2) is 0 Å². The van der Waals surface area contributed by atoms with Crippen molar-refractivity contribution in [3.8, 4) is 5.75 Å². The van der Waals surface area contributed by atoms with Crippen LogP contribution in [-0.2, 0) is 4.79 Å². The fourth-order valence-electron chi connectivity index (χ4n) is 3.80. The van der Waals surface area contributed by atoms with Crippen LogP contribution in [0.5, 0.6) is 5.75 Å². The van der Waals surface area contributed by atoms with E-state index in [4.69, 9.17) is 4.74 Å². The Morgan fingerprint density at radius 2 is 1.74 bits per heavy atom. The minimum Gasteiger partial charge on any atom is -0.493 e. The van der Waals surface area contributed by atoms with Crippen molar-refractivity contribution < 1.29 is 9.53 Å². The van der Waals surface area contributed by atoms with Crippen LogP contribution in [-0.4, -0.2) is 25.5 Å². The standard InChI is InChI=1S/C24H29NO2/c1-17(13-18(2)26)20-5-7-21(8-6-20)22-14-25(15-22)23-9-11-24(12-10-23)27-16-19-3-4-19/h5-12,17,19,22H,3-4,13-16H2,1-2H3/t17-/m1/s1. The summed E-state index contributed by atoms with van der Waals surface area (Å²) in [6.45, 7) is 6.78. The lowest BCUT2D eigenvalue weighted by molar-refractivity contribution is -0.117. The smallest absolute Gasteiger partial charge is 0.130 e. The number of nitrogens with zero attached hydrogens (tertiary/aromatic N) is 1. The summed E-state index contributed by atoms with van der Waals surface area (Å²) in [6, 6.07) is 17.4. The largest absolute Gasteiger partial charge is 0.493 e.